The molecule has 1 atom stereocenters. The number of nitrogens with one attached hydrogen (secondary N) is 1. The lowest BCUT2D eigenvalue weighted by atomic mass is 10.3. The molecule has 0 aliphatic carbocycles. The first kappa shape index (κ1) is 14.0. The number of hydrogen-bond acceptors (Lipinski definition) is 3. The van der Waals surface area contributed by atoms with Crippen molar-refractivity contribution in [2.45, 2.75) is 52.4 Å². The second-order valence-electron chi connectivity index (χ2n) is 4.95. The normalized spacial score (nSPS) is 13.6. The molecule has 0 aliphatic heterocycles. The Hall–Kier alpha value is -1.07. The van der Waals surface area contributed by atoms with Crippen molar-refractivity contribution in [2.24, 2.45) is 0 Å². The van der Waals surface area contributed by atoms with E-state index in [1.165, 1.54) is 0 Å². The molecule has 98 valence electrons. The van der Waals surface area contributed by atoms with E-state index < -0.39 is 6.10 Å². The van der Waals surface area contributed by atoms with E-state index in [1.807, 2.05) is 27.7 Å². The van der Waals surface area contributed by atoms with Gasteiger partial charge in [0.25, 0.3) is 0 Å². The van der Waals surface area contributed by atoms with Crippen LogP contribution in [-0.2, 0) is 6.54 Å². The number of rotatable bonds is 6. The Labute approximate surface area is 102 Å². The molecule has 1 rings (SSSR count). The Kier molecular flexibility index (Phi) is 4.96. The maximum Gasteiger partial charge on any atom is 0.328 e. The molecule has 17 heavy (non-hydrogen) atoms. The molecular weight excluding hydrogens is 218 g/mol. The number of nitrogens with zero attached hydrogens (tertiary/aromatic N) is 2. The molecule has 0 amide bonds. The van der Waals surface area contributed by atoms with Crippen molar-refractivity contribution in [3.63, 3.8) is 0 Å². The molecule has 1 unspecified atom stereocenters. The van der Waals surface area contributed by atoms with Gasteiger partial charge in [0.1, 0.15) is 0 Å². The van der Waals surface area contributed by atoms with Gasteiger partial charge < -0.3 is 10.4 Å². The summed E-state index contributed by atoms with van der Waals surface area (Å²) in [5.74, 6) is 0. The molecular formula is C12H23N3O2. The third-order valence-corrected chi connectivity index (χ3v) is 2.60. The van der Waals surface area contributed by atoms with Crippen LogP contribution in [0.1, 0.15) is 33.7 Å². The van der Waals surface area contributed by atoms with Crippen LogP contribution in [0.2, 0.25) is 0 Å². The van der Waals surface area contributed by atoms with Crippen molar-refractivity contribution in [1.82, 2.24) is 14.5 Å². The van der Waals surface area contributed by atoms with Crippen molar-refractivity contribution < 1.29 is 5.11 Å². The summed E-state index contributed by atoms with van der Waals surface area (Å²) in [4.78, 5) is 11.9. The highest BCUT2D eigenvalue weighted by molar-refractivity contribution is 4.84. The average molecular weight is 241 g/mol. The van der Waals surface area contributed by atoms with Gasteiger partial charge in [0.15, 0.2) is 0 Å². The first-order valence-electron chi connectivity index (χ1n) is 6.10. The molecule has 0 fully saturated rings. The molecule has 1 aromatic heterocycles. The van der Waals surface area contributed by atoms with Gasteiger partial charge in [-0.15, -0.1) is 0 Å². The van der Waals surface area contributed by atoms with Crippen LogP contribution in [0.4, 0.5) is 0 Å². The van der Waals surface area contributed by atoms with Gasteiger partial charge in [-0.05, 0) is 13.8 Å². The van der Waals surface area contributed by atoms with E-state index >= 15 is 0 Å². The van der Waals surface area contributed by atoms with Gasteiger partial charge in [0.05, 0.1) is 12.6 Å². The molecule has 1 aromatic rings. The molecule has 0 radical (unpaired) electrons. The maximum absolute atomic E-state index is 11.9. The summed E-state index contributed by atoms with van der Waals surface area (Å²) >= 11 is 0. The smallest absolute Gasteiger partial charge is 0.328 e. The second kappa shape index (κ2) is 6.02. The summed E-state index contributed by atoms with van der Waals surface area (Å²) < 4.78 is 3.20. The van der Waals surface area contributed by atoms with Crippen LogP contribution in [0.25, 0.3) is 0 Å². The van der Waals surface area contributed by atoms with Crippen LogP contribution in [-0.4, -0.2) is 32.9 Å². The minimum atomic E-state index is -0.543. The fourth-order valence-electron chi connectivity index (χ4n) is 1.62. The van der Waals surface area contributed by atoms with E-state index in [0.717, 1.165) is 0 Å². The highest BCUT2D eigenvalue weighted by Crippen LogP contribution is 1.99. The zero-order valence-corrected chi connectivity index (χ0v) is 11.1. The predicted molar refractivity (Wildman–Crippen MR) is 68.2 cm³/mol. The van der Waals surface area contributed by atoms with E-state index in [2.05, 4.69) is 5.32 Å². The molecule has 5 heteroatoms. The van der Waals surface area contributed by atoms with Crippen LogP contribution < -0.4 is 11.0 Å². The molecule has 0 saturated carbocycles. The first-order chi connectivity index (χ1) is 7.91. The molecule has 0 bridgehead atoms. The summed E-state index contributed by atoms with van der Waals surface area (Å²) in [5, 5.41) is 12.9. The predicted octanol–water partition coefficient (Wildman–Crippen LogP) is 0.590. The second-order valence-corrected chi connectivity index (χ2v) is 4.95. The SMILES string of the molecule is CC(C)NCC(O)Cn1ccn(C(C)C)c1=O. The largest absolute Gasteiger partial charge is 0.390 e. The molecule has 0 aliphatic rings. The standard InChI is InChI=1S/C12H23N3O2/c1-9(2)13-7-11(16)8-14-5-6-15(10(3)4)12(14)17/h5-6,9-11,13,16H,7-8H2,1-4H3. The zero-order valence-electron chi connectivity index (χ0n) is 11.1. The summed E-state index contributed by atoms with van der Waals surface area (Å²) in [6, 6.07) is 0.483. The summed E-state index contributed by atoms with van der Waals surface area (Å²) in [5.41, 5.74) is -0.0661. The van der Waals surface area contributed by atoms with E-state index in [4.69, 9.17) is 0 Å². The van der Waals surface area contributed by atoms with Gasteiger partial charge in [0, 0.05) is 31.0 Å². The highest BCUT2D eigenvalue weighted by atomic mass is 16.3. The van der Waals surface area contributed by atoms with Crippen LogP contribution in [0, 0.1) is 0 Å². The zero-order chi connectivity index (χ0) is 13.0. The molecule has 2 N–H and O–H groups in total. The van der Waals surface area contributed by atoms with E-state index in [-0.39, 0.29) is 11.7 Å². The number of aliphatic hydroxyl groups excluding tert-OH is 1. The van der Waals surface area contributed by atoms with Crippen molar-refractivity contribution in [3.8, 4) is 0 Å². The minimum Gasteiger partial charge on any atom is -0.390 e. The topological polar surface area (TPSA) is 59.2 Å². The Balaban J connectivity index is 2.60. The summed E-state index contributed by atoms with van der Waals surface area (Å²) in [6.07, 6.45) is 2.94. The number of aromatic nitrogens is 2. The lowest BCUT2D eigenvalue weighted by Gasteiger charge is -2.14. The third kappa shape index (κ3) is 4.02. The van der Waals surface area contributed by atoms with Crippen molar-refractivity contribution in [2.75, 3.05) is 6.54 Å². The maximum atomic E-state index is 11.9. The van der Waals surface area contributed by atoms with Crippen LogP contribution in [0.3, 0.4) is 0 Å². The van der Waals surface area contributed by atoms with Crippen LogP contribution >= 0.6 is 0 Å². The molecule has 0 saturated heterocycles. The molecule has 1 heterocycles. The number of imidazole rings is 1. The summed E-state index contributed by atoms with van der Waals surface area (Å²) in [7, 11) is 0. The van der Waals surface area contributed by atoms with Crippen LogP contribution in [0.15, 0.2) is 17.2 Å². The first-order valence-corrected chi connectivity index (χ1v) is 6.10. The fourth-order valence-corrected chi connectivity index (χ4v) is 1.62. The Bertz CT molecular complexity index is 393. The van der Waals surface area contributed by atoms with E-state index in [9.17, 15) is 9.90 Å². The van der Waals surface area contributed by atoms with Crippen molar-refractivity contribution in [3.05, 3.63) is 22.9 Å². The minimum absolute atomic E-state index is 0.0661. The van der Waals surface area contributed by atoms with Gasteiger partial charge in [-0.3, -0.25) is 9.13 Å². The fraction of sp³-hybridized carbons (Fsp3) is 0.750. The quantitative estimate of drug-likeness (QED) is 0.766. The number of aliphatic hydroxyl groups is 1. The molecule has 0 spiro atoms. The van der Waals surface area contributed by atoms with E-state index in [1.54, 1.807) is 21.5 Å². The van der Waals surface area contributed by atoms with Gasteiger partial charge in [-0.25, -0.2) is 4.79 Å². The number of hydrogen-bond donors (Lipinski definition) is 2. The lowest BCUT2D eigenvalue weighted by molar-refractivity contribution is 0.147. The van der Waals surface area contributed by atoms with Gasteiger partial charge >= 0.3 is 5.69 Å². The third-order valence-electron chi connectivity index (χ3n) is 2.60. The average Bonchev–Trinajstić information content (AvgIpc) is 2.58. The van der Waals surface area contributed by atoms with Gasteiger partial charge in [0.2, 0.25) is 0 Å². The Morgan fingerprint density at radius 2 is 1.94 bits per heavy atom. The van der Waals surface area contributed by atoms with Gasteiger partial charge in [-0.1, -0.05) is 13.8 Å². The van der Waals surface area contributed by atoms with Gasteiger partial charge in [-0.2, -0.15) is 0 Å². The van der Waals surface area contributed by atoms with Crippen molar-refractivity contribution in [1.29, 1.82) is 0 Å². The molecule has 0 aromatic carbocycles. The monoisotopic (exact) mass is 241 g/mol. The molecule has 5 nitrogen and oxygen atoms in total. The summed E-state index contributed by atoms with van der Waals surface area (Å²) in [6.45, 7) is 8.79. The van der Waals surface area contributed by atoms with Crippen molar-refractivity contribution >= 4 is 0 Å². The van der Waals surface area contributed by atoms with Crippen LogP contribution in [0.5, 0.6) is 0 Å². The lowest BCUT2D eigenvalue weighted by Crippen LogP contribution is -2.36. The Morgan fingerprint density at radius 1 is 1.29 bits per heavy atom. The van der Waals surface area contributed by atoms with E-state index in [0.29, 0.717) is 19.1 Å². The highest BCUT2D eigenvalue weighted by Gasteiger charge is 2.10. The Morgan fingerprint density at radius 3 is 2.41 bits per heavy atom.